The van der Waals surface area contributed by atoms with Crippen molar-refractivity contribution in [3.05, 3.63) is 18.1 Å². The molecule has 0 saturated carbocycles. The molecule has 0 amide bonds. The molecule has 1 saturated heterocycles. The highest BCUT2D eigenvalue weighted by molar-refractivity contribution is 8.00. The third-order valence-corrected chi connectivity index (χ3v) is 3.98. The van der Waals surface area contributed by atoms with Gasteiger partial charge in [-0.3, -0.25) is 0 Å². The van der Waals surface area contributed by atoms with Crippen LogP contribution in [-0.4, -0.2) is 40.6 Å². The lowest BCUT2D eigenvalue weighted by molar-refractivity contribution is 0.0593. The zero-order valence-electron chi connectivity index (χ0n) is 9.68. The van der Waals surface area contributed by atoms with Crippen LogP contribution in [0.5, 0.6) is 0 Å². The molecule has 0 radical (unpaired) electrons. The van der Waals surface area contributed by atoms with Crippen LogP contribution in [0.15, 0.2) is 12.4 Å². The van der Waals surface area contributed by atoms with Gasteiger partial charge in [0.05, 0.1) is 19.5 Å². The molecule has 1 aliphatic heterocycles. The van der Waals surface area contributed by atoms with E-state index < -0.39 is 5.97 Å². The summed E-state index contributed by atoms with van der Waals surface area (Å²) in [5.41, 5.74) is 0.230. The van der Waals surface area contributed by atoms with Crippen molar-refractivity contribution in [2.75, 3.05) is 24.7 Å². The van der Waals surface area contributed by atoms with Crippen LogP contribution in [0.2, 0.25) is 0 Å². The van der Waals surface area contributed by atoms with Crippen molar-refractivity contribution < 1.29 is 9.53 Å². The molecule has 17 heavy (non-hydrogen) atoms. The number of methoxy groups -OCH3 is 1. The highest BCUT2D eigenvalue weighted by Crippen LogP contribution is 2.25. The number of nitrogens with one attached hydrogen (secondary N) is 1. The van der Waals surface area contributed by atoms with Crippen LogP contribution in [0.4, 0.5) is 5.82 Å². The van der Waals surface area contributed by atoms with Crippen LogP contribution in [0.1, 0.15) is 23.3 Å². The Morgan fingerprint density at radius 2 is 2.47 bits per heavy atom. The Balaban J connectivity index is 1.87. The Hall–Kier alpha value is -1.30. The summed E-state index contributed by atoms with van der Waals surface area (Å²) in [6, 6.07) is 0. The monoisotopic (exact) mass is 253 g/mol. The summed E-state index contributed by atoms with van der Waals surface area (Å²) >= 11 is 1.99. The Bertz CT molecular complexity index is 377. The number of nitrogens with zero attached hydrogens (tertiary/aromatic N) is 2. The van der Waals surface area contributed by atoms with Gasteiger partial charge in [0.15, 0.2) is 5.69 Å². The predicted octanol–water partition coefficient (Wildman–Crippen LogP) is 1.57. The van der Waals surface area contributed by atoms with Crippen LogP contribution in [0.3, 0.4) is 0 Å². The third kappa shape index (κ3) is 3.33. The Morgan fingerprint density at radius 1 is 1.59 bits per heavy atom. The molecule has 1 fully saturated rings. The van der Waals surface area contributed by atoms with Crippen LogP contribution in [-0.2, 0) is 4.74 Å². The maximum atomic E-state index is 11.1. The molecule has 2 heterocycles. The summed E-state index contributed by atoms with van der Waals surface area (Å²) in [5.74, 6) is 1.49. The second-order valence-corrected chi connectivity index (χ2v) is 5.20. The highest BCUT2D eigenvalue weighted by Gasteiger charge is 2.15. The van der Waals surface area contributed by atoms with Crippen LogP contribution >= 0.6 is 11.8 Å². The molecule has 1 aromatic heterocycles. The van der Waals surface area contributed by atoms with Gasteiger partial charge in [0.1, 0.15) is 5.82 Å². The van der Waals surface area contributed by atoms with E-state index in [1.807, 2.05) is 11.8 Å². The molecule has 0 spiro atoms. The minimum absolute atomic E-state index is 0.230. The molecule has 1 atom stereocenters. The first-order valence-electron chi connectivity index (χ1n) is 5.55. The van der Waals surface area contributed by atoms with E-state index in [-0.39, 0.29) is 5.69 Å². The molecule has 1 unspecified atom stereocenters. The lowest BCUT2D eigenvalue weighted by Crippen LogP contribution is -2.15. The van der Waals surface area contributed by atoms with Gasteiger partial charge in [-0.25, -0.2) is 14.8 Å². The van der Waals surface area contributed by atoms with Crippen molar-refractivity contribution in [2.24, 2.45) is 0 Å². The summed E-state index contributed by atoms with van der Waals surface area (Å²) in [6.45, 7) is 0.900. The van der Waals surface area contributed by atoms with Crippen LogP contribution in [0, 0.1) is 0 Å². The average molecular weight is 253 g/mol. The number of hydrogen-bond donors (Lipinski definition) is 1. The zero-order valence-corrected chi connectivity index (χ0v) is 10.5. The molecular formula is C11H15N3O2S. The smallest absolute Gasteiger partial charge is 0.358 e. The first-order chi connectivity index (χ1) is 8.29. The Kier molecular flexibility index (Phi) is 4.19. The number of aromatic nitrogens is 2. The number of hydrogen-bond acceptors (Lipinski definition) is 6. The van der Waals surface area contributed by atoms with E-state index >= 15 is 0 Å². The second-order valence-electron chi connectivity index (χ2n) is 3.79. The molecule has 0 bridgehead atoms. The largest absolute Gasteiger partial charge is 0.464 e. The van der Waals surface area contributed by atoms with Crippen molar-refractivity contribution >= 4 is 23.5 Å². The van der Waals surface area contributed by atoms with Gasteiger partial charge in [-0.2, -0.15) is 11.8 Å². The third-order valence-electron chi connectivity index (χ3n) is 2.58. The maximum Gasteiger partial charge on any atom is 0.358 e. The van der Waals surface area contributed by atoms with Crippen LogP contribution < -0.4 is 5.32 Å². The van der Waals surface area contributed by atoms with Gasteiger partial charge < -0.3 is 10.1 Å². The lowest BCUT2D eigenvalue weighted by atomic mass is 10.2. The minimum Gasteiger partial charge on any atom is -0.464 e. The van der Waals surface area contributed by atoms with Gasteiger partial charge in [0, 0.05) is 11.8 Å². The van der Waals surface area contributed by atoms with E-state index in [0.717, 1.165) is 6.54 Å². The van der Waals surface area contributed by atoms with Gasteiger partial charge in [0.2, 0.25) is 0 Å². The second kappa shape index (κ2) is 5.86. The first kappa shape index (κ1) is 12.2. The van der Waals surface area contributed by atoms with Crippen molar-refractivity contribution in [3.8, 4) is 0 Å². The van der Waals surface area contributed by atoms with Gasteiger partial charge in [-0.15, -0.1) is 0 Å². The Morgan fingerprint density at radius 3 is 3.06 bits per heavy atom. The molecule has 92 valence electrons. The molecule has 0 aromatic carbocycles. The maximum absolute atomic E-state index is 11.1. The fourth-order valence-corrected chi connectivity index (χ4v) is 2.85. The molecule has 0 aliphatic carbocycles. The summed E-state index contributed by atoms with van der Waals surface area (Å²) in [7, 11) is 1.33. The SMILES string of the molecule is COC(=O)c1cnc(NCC2CCCS2)cn1. The van der Waals surface area contributed by atoms with Gasteiger partial charge in [0.25, 0.3) is 0 Å². The molecule has 2 rings (SSSR count). The van der Waals surface area contributed by atoms with E-state index in [1.54, 1.807) is 6.20 Å². The first-order valence-corrected chi connectivity index (χ1v) is 6.60. The topological polar surface area (TPSA) is 64.1 Å². The summed E-state index contributed by atoms with van der Waals surface area (Å²) in [5, 5.41) is 3.89. The van der Waals surface area contributed by atoms with Gasteiger partial charge >= 0.3 is 5.97 Å². The minimum atomic E-state index is -0.463. The number of anilines is 1. The standard InChI is InChI=1S/C11H15N3O2S/c1-16-11(15)9-6-14-10(7-12-9)13-5-8-3-2-4-17-8/h6-8H,2-5H2,1H3,(H,13,14). The normalized spacial score (nSPS) is 19.0. The lowest BCUT2D eigenvalue weighted by Gasteiger charge is -2.10. The Labute approximate surface area is 104 Å². The molecule has 5 nitrogen and oxygen atoms in total. The number of esters is 1. The van der Waals surface area contributed by atoms with E-state index in [4.69, 9.17) is 0 Å². The van der Waals surface area contributed by atoms with E-state index in [2.05, 4.69) is 20.0 Å². The van der Waals surface area contributed by atoms with Crippen molar-refractivity contribution in [1.82, 2.24) is 9.97 Å². The van der Waals surface area contributed by atoms with Gasteiger partial charge in [-0.05, 0) is 18.6 Å². The predicted molar refractivity (Wildman–Crippen MR) is 67.3 cm³/mol. The fraction of sp³-hybridized carbons (Fsp3) is 0.545. The molecule has 1 N–H and O–H groups in total. The zero-order chi connectivity index (χ0) is 12.1. The number of thioether (sulfide) groups is 1. The molecule has 1 aromatic rings. The number of carbonyl (C=O) groups is 1. The average Bonchev–Trinajstić information content (AvgIpc) is 2.89. The van der Waals surface area contributed by atoms with E-state index in [1.165, 1.54) is 31.9 Å². The quantitative estimate of drug-likeness (QED) is 0.822. The fourth-order valence-electron chi connectivity index (χ4n) is 1.65. The molecule has 1 aliphatic rings. The van der Waals surface area contributed by atoms with Crippen LogP contribution in [0.25, 0.3) is 0 Å². The summed E-state index contributed by atoms with van der Waals surface area (Å²) in [6.07, 6.45) is 5.54. The van der Waals surface area contributed by atoms with Crippen molar-refractivity contribution in [3.63, 3.8) is 0 Å². The summed E-state index contributed by atoms with van der Waals surface area (Å²) < 4.78 is 4.55. The van der Waals surface area contributed by atoms with Crippen molar-refractivity contribution in [1.29, 1.82) is 0 Å². The number of carbonyl (C=O) groups excluding carboxylic acids is 1. The summed E-state index contributed by atoms with van der Waals surface area (Å²) in [4.78, 5) is 19.3. The molecular weight excluding hydrogens is 238 g/mol. The number of ether oxygens (including phenoxy) is 1. The van der Waals surface area contributed by atoms with Gasteiger partial charge in [-0.1, -0.05) is 0 Å². The van der Waals surface area contributed by atoms with Crippen molar-refractivity contribution in [2.45, 2.75) is 18.1 Å². The van der Waals surface area contributed by atoms with E-state index in [9.17, 15) is 4.79 Å². The number of rotatable bonds is 4. The van der Waals surface area contributed by atoms with E-state index in [0.29, 0.717) is 11.1 Å². The molecule has 6 heteroatoms. The highest BCUT2D eigenvalue weighted by atomic mass is 32.2.